The molecule has 1 N–H and O–H groups in total. The van der Waals surface area contributed by atoms with Crippen LogP contribution in [0.4, 0.5) is 4.79 Å². The minimum Gasteiger partial charge on any atom is -0.443 e. The first-order valence-corrected chi connectivity index (χ1v) is 15.7. The van der Waals surface area contributed by atoms with Gasteiger partial charge < -0.3 is 4.74 Å². The van der Waals surface area contributed by atoms with Gasteiger partial charge in [0.05, 0.1) is 10.9 Å². The Morgan fingerprint density at radius 1 is 1.16 bits per heavy atom. The molecule has 1 aromatic rings. The molecule has 1 amide bonds. The van der Waals surface area contributed by atoms with Crippen molar-refractivity contribution in [3.8, 4) is 0 Å². The number of amides is 1. The van der Waals surface area contributed by atoms with Crippen molar-refractivity contribution in [2.75, 3.05) is 0 Å². The molecular weight excluding hydrogens is 496 g/mol. The van der Waals surface area contributed by atoms with Gasteiger partial charge in [0.25, 0.3) is 10.0 Å². The van der Waals surface area contributed by atoms with Gasteiger partial charge in [-0.15, -0.1) is 4.41 Å². The maximum atomic E-state index is 13.6. The predicted molar refractivity (Wildman–Crippen MR) is 154 cm³/mol. The van der Waals surface area contributed by atoms with Crippen LogP contribution in [0.5, 0.6) is 0 Å². The second-order valence-corrected chi connectivity index (χ2v) is 15.5. The molecule has 0 aliphatic heterocycles. The molecule has 2 fully saturated rings. The Labute approximate surface area is 231 Å². The van der Waals surface area contributed by atoms with E-state index in [9.17, 15) is 13.2 Å². The molecule has 38 heavy (non-hydrogen) atoms. The molecule has 214 valence electrons. The first kappa shape index (κ1) is 30.7. The van der Waals surface area contributed by atoms with E-state index in [2.05, 4.69) is 39.2 Å². The Morgan fingerprint density at radius 3 is 2.39 bits per heavy atom. The highest BCUT2D eigenvalue weighted by Gasteiger charge is 2.53. The van der Waals surface area contributed by atoms with E-state index in [-0.39, 0.29) is 10.3 Å². The summed E-state index contributed by atoms with van der Waals surface area (Å²) in [5, 5.41) is 0. The van der Waals surface area contributed by atoms with Crippen molar-refractivity contribution < 1.29 is 17.9 Å². The number of allylic oxidation sites excluding steroid dienone is 1. The molecule has 2 saturated carbocycles. The number of nitrogens with zero attached hydrogens (tertiary/aromatic N) is 1. The van der Waals surface area contributed by atoms with Crippen molar-refractivity contribution in [3.63, 3.8) is 0 Å². The molecule has 0 aromatic heterocycles. The average Bonchev–Trinajstić information content (AvgIpc) is 2.77. The van der Waals surface area contributed by atoms with E-state index in [1.807, 2.05) is 13.0 Å². The molecule has 1 aromatic carbocycles. The summed E-state index contributed by atoms with van der Waals surface area (Å²) in [6, 6.07) is 6.05. The van der Waals surface area contributed by atoms with Crippen LogP contribution in [0.15, 0.2) is 41.3 Å². The first-order valence-electron chi connectivity index (χ1n) is 14.2. The van der Waals surface area contributed by atoms with Crippen molar-refractivity contribution in [2.24, 2.45) is 28.6 Å². The number of ether oxygens (including phenoxy) is 1. The van der Waals surface area contributed by atoms with Crippen molar-refractivity contribution in [3.05, 3.63) is 42.0 Å². The molecule has 6 nitrogen and oxygen atoms in total. The Balaban J connectivity index is 1.84. The molecule has 0 radical (unpaired) electrons. The molecule has 2 aliphatic rings. The van der Waals surface area contributed by atoms with Crippen LogP contribution in [-0.2, 0) is 14.8 Å². The highest BCUT2D eigenvalue weighted by Crippen LogP contribution is 2.61. The second kappa shape index (κ2) is 11.3. The van der Waals surface area contributed by atoms with Crippen LogP contribution in [0.25, 0.3) is 0 Å². The van der Waals surface area contributed by atoms with E-state index in [0.717, 1.165) is 16.4 Å². The minimum atomic E-state index is -4.01. The van der Waals surface area contributed by atoms with Crippen LogP contribution in [0, 0.1) is 35.5 Å². The van der Waals surface area contributed by atoms with E-state index in [1.165, 1.54) is 32.1 Å². The molecule has 7 heteroatoms. The monoisotopic (exact) mass is 546 g/mol. The number of hydrazine groups is 1. The third-order valence-electron chi connectivity index (χ3n) is 9.07. The third-order valence-corrected chi connectivity index (χ3v) is 10.9. The number of rotatable bonds is 7. The van der Waals surface area contributed by atoms with E-state index >= 15 is 0 Å². The van der Waals surface area contributed by atoms with Crippen LogP contribution < -0.4 is 5.43 Å². The lowest BCUT2D eigenvalue weighted by atomic mass is 9.46. The number of aryl methyl sites for hydroxylation is 1. The molecule has 3 rings (SSSR count). The summed E-state index contributed by atoms with van der Waals surface area (Å²) in [5.74, 6) is 1.88. The second-order valence-electron chi connectivity index (χ2n) is 13.7. The van der Waals surface area contributed by atoms with Gasteiger partial charge in [-0.2, -0.15) is 0 Å². The fourth-order valence-corrected chi connectivity index (χ4v) is 8.62. The van der Waals surface area contributed by atoms with Gasteiger partial charge in [0.2, 0.25) is 0 Å². The summed E-state index contributed by atoms with van der Waals surface area (Å²) in [4.78, 5) is 12.8. The quantitative estimate of drug-likeness (QED) is 0.282. The molecule has 0 bridgehead atoms. The lowest BCUT2D eigenvalue weighted by Gasteiger charge is -2.59. The van der Waals surface area contributed by atoms with Gasteiger partial charge in [-0.05, 0) is 101 Å². The summed E-state index contributed by atoms with van der Waals surface area (Å²) < 4.78 is 33.7. The minimum absolute atomic E-state index is 0.125. The van der Waals surface area contributed by atoms with E-state index < -0.39 is 27.8 Å². The van der Waals surface area contributed by atoms with Crippen LogP contribution in [0.1, 0.15) is 99.5 Å². The van der Waals surface area contributed by atoms with Gasteiger partial charge in [0.1, 0.15) is 5.60 Å². The van der Waals surface area contributed by atoms with Crippen molar-refractivity contribution in [1.82, 2.24) is 9.84 Å². The average molecular weight is 547 g/mol. The lowest BCUT2D eigenvalue weighted by molar-refractivity contribution is -0.0922. The van der Waals surface area contributed by atoms with Crippen LogP contribution >= 0.6 is 0 Å². The zero-order valence-corrected chi connectivity index (χ0v) is 25.8. The normalized spacial score (nSPS) is 28.6. The highest BCUT2D eigenvalue weighted by molar-refractivity contribution is 7.89. The van der Waals surface area contributed by atoms with Gasteiger partial charge >= 0.3 is 6.09 Å². The molecule has 0 heterocycles. The van der Waals surface area contributed by atoms with Gasteiger partial charge in [-0.3, -0.25) is 0 Å². The van der Waals surface area contributed by atoms with E-state index in [4.69, 9.17) is 4.74 Å². The molecule has 2 aliphatic carbocycles. The number of nitrogens with one attached hydrogen (secondary N) is 1. The molecule has 2 unspecified atom stereocenters. The fraction of sp³-hybridized carbons (Fsp3) is 0.710. The molecule has 0 saturated heterocycles. The number of carbonyl (C=O) groups excluding carboxylic acids is 1. The Bertz CT molecular complexity index is 1100. The van der Waals surface area contributed by atoms with Crippen molar-refractivity contribution >= 4 is 16.1 Å². The zero-order valence-electron chi connectivity index (χ0n) is 25.0. The third kappa shape index (κ3) is 6.82. The smallest absolute Gasteiger partial charge is 0.423 e. The Kier molecular flexibility index (Phi) is 9.14. The maximum absolute atomic E-state index is 13.6. The summed E-state index contributed by atoms with van der Waals surface area (Å²) in [7, 11) is -4.01. The molecular formula is C31H50N2O4S. The number of carbonyl (C=O) groups is 1. The topological polar surface area (TPSA) is 75.7 Å². The molecule has 0 spiro atoms. The number of sulfonamides is 1. The van der Waals surface area contributed by atoms with Gasteiger partial charge in [-0.25, -0.2) is 18.6 Å². The van der Waals surface area contributed by atoms with E-state index in [0.29, 0.717) is 23.2 Å². The van der Waals surface area contributed by atoms with Crippen molar-refractivity contribution in [2.45, 2.75) is 117 Å². The van der Waals surface area contributed by atoms with Gasteiger partial charge in [0.15, 0.2) is 0 Å². The van der Waals surface area contributed by atoms with E-state index in [1.54, 1.807) is 52.0 Å². The first-order chi connectivity index (χ1) is 17.5. The van der Waals surface area contributed by atoms with Crippen LogP contribution in [0.3, 0.4) is 0 Å². The predicted octanol–water partition coefficient (Wildman–Crippen LogP) is 7.64. The summed E-state index contributed by atoms with van der Waals surface area (Å²) in [5.41, 5.74) is 3.38. The number of hydrogen-bond donors (Lipinski definition) is 1. The van der Waals surface area contributed by atoms with Crippen molar-refractivity contribution in [1.29, 1.82) is 0 Å². The Hall–Kier alpha value is -1.86. The maximum Gasteiger partial charge on any atom is 0.423 e. The lowest BCUT2D eigenvalue weighted by Crippen LogP contribution is -2.51. The number of benzene rings is 1. The number of hydrogen-bond acceptors (Lipinski definition) is 4. The van der Waals surface area contributed by atoms with Gasteiger partial charge in [-0.1, -0.05) is 70.4 Å². The molecule has 5 atom stereocenters. The van der Waals surface area contributed by atoms with Crippen LogP contribution in [0.2, 0.25) is 0 Å². The highest BCUT2D eigenvalue weighted by atomic mass is 32.2. The summed E-state index contributed by atoms with van der Waals surface area (Å²) in [6.07, 6.45) is 10.5. The summed E-state index contributed by atoms with van der Waals surface area (Å²) >= 11 is 0. The summed E-state index contributed by atoms with van der Waals surface area (Å²) in [6.45, 7) is 18.7. The largest absolute Gasteiger partial charge is 0.443 e. The Morgan fingerprint density at radius 2 is 1.79 bits per heavy atom. The number of fused-ring (bicyclic) bond motifs is 1. The fourth-order valence-electron chi connectivity index (χ4n) is 7.21. The standard InChI is InChI=1S/C31H50N2O4S/c1-22-14-17-25(18-15-22)38(35,36)33(32-28(34)37-29(4,5)6)24(3)12-10-13-26-23(2)16-19-27-30(7,8)20-11-21-31(26,27)9/h10,12,14-15,17-18,23-24,26-27H,11,13,16,19-21H2,1-9H3,(H,32,34)/b12-10+/t23-,24?,26?,27-,31+/m0/s1. The van der Waals surface area contributed by atoms with Gasteiger partial charge in [0, 0.05) is 0 Å². The SMILES string of the molecule is Cc1ccc(S(=O)(=O)N(NC(=O)OC(C)(C)C)C(C)/C=C/CC2[C@@H](C)CC[C@H]3C(C)(C)CCC[C@]23C)cc1. The zero-order chi connectivity index (χ0) is 28.5. The van der Waals surface area contributed by atoms with Crippen LogP contribution in [-0.4, -0.2) is 30.6 Å².